The van der Waals surface area contributed by atoms with Crippen LogP contribution in [-0.4, -0.2) is 26.5 Å². The molecule has 0 aliphatic carbocycles. The Labute approximate surface area is 150 Å². The number of anilines is 2. The van der Waals surface area contributed by atoms with E-state index in [0.717, 1.165) is 17.0 Å². The lowest BCUT2D eigenvalue weighted by molar-refractivity contribution is 0.477. The Balaban J connectivity index is 1.98. The summed E-state index contributed by atoms with van der Waals surface area (Å²) >= 11 is 0. The van der Waals surface area contributed by atoms with Gasteiger partial charge in [0, 0.05) is 18.8 Å². The summed E-state index contributed by atoms with van der Waals surface area (Å²) in [6.07, 6.45) is 3.11. The van der Waals surface area contributed by atoms with E-state index in [2.05, 4.69) is 4.98 Å². The first-order valence-electron chi connectivity index (χ1n) is 8.17. The van der Waals surface area contributed by atoms with Crippen molar-refractivity contribution in [2.75, 3.05) is 11.9 Å². The lowest BCUT2D eigenvalue weighted by Gasteiger charge is -2.19. The maximum absolute atomic E-state index is 13.3. The fourth-order valence-corrected chi connectivity index (χ4v) is 2.98. The van der Waals surface area contributed by atoms with Crippen LogP contribution in [0.5, 0.6) is 5.75 Å². The van der Waals surface area contributed by atoms with Crippen molar-refractivity contribution in [3.05, 3.63) is 72.3 Å². The number of phenols is 1. The first-order chi connectivity index (χ1) is 12.5. The second-order valence-electron chi connectivity index (χ2n) is 6.13. The highest BCUT2D eigenvalue weighted by molar-refractivity contribution is 5.82. The normalized spacial score (nSPS) is 11.0. The molecule has 130 valence electrons. The van der Waals surface area contributed by atoms with Crippen LogP contribution in [0, 0.1) is 12.7 Å². The number of nitrogens with zero attached hydrogens (tertiary/aromatic N) is 4. The van der Waals surface area contributed by atoms with Gasteiger partial charge >= 0.3 is 0 Å². The van der Waals surface area contributed by atoms with Crippen molar-refractivity contribution in [1.82, 2.24) is 14.4 Å². The van der Waals surface area contributed by atoms with Gasteiger partial charge in [0.1, 0.15) is 34.5 Å². The molecule has 0 atom stereocenters. The number of phenolic OH excluding ortho intramolecular Hbond substituents is 1. The molecule has 0 saturated heterocycles. The van der Waals surface area contributed by atoms with Gasteiger partial charge in [0.05, 0.1) is 6.20 Å². The zero-order valence-corrected chi connectivity index (χ0v) is 14.4. The smallest absolute Gasteiger partial charge is 0.147 e. The van der Waals surface area contributed by atoms with E-state index in [1.165, 1.54) is 12.3 Å². The second-order valence-corrected chi connectivity index (χ2v) is 6.13. The van der Waals surface area contributed by atoms with Crippen LogP contribution in [0.1, 0.15) is 5.56 Å². The molecule has 1 aromatic carbocycles. The first kappa shape index (κ1) is 16.1. The summed E-state index contributed by atoms with van der Waals surface area (Å²) in [6, 6.07) is 14.0. The number of hydrogen-bond acceptors (Lipinski definition) is 4. The molecule has 4 rings (SSSR count). The zero-order chi connectivity index (χ0) is 18.3. The summed E-state index contributed by atoms with van der Waals surface area (Å²) in [5.41, 5.74) is 3.09. The molecule has 0 radical (unpaired) electrons. The van der Waals surface area contributed by atoms with E-state index in [1.54, 1.807) is 18.2 Å². The number of aryl methyl sites for hydroxylation is 1. The van der Waals surface area contributed by atoms with E-state index < -0.39 is 5.82 Å². The maximum Gasteiger partial charge on any atom is 0.147 e. The lowest BCUT2D eigenvalue weighted by atomic mass is 10.1. The standard InChI is InChI=1S/C20H17FN4O/c1-13-9-10-25-18(11-13)23-19(15-5-3-4-6-16(15)26)20(25)24(2)17-8-7-14(21)12-22-17/h3-12,26H,1-2H3. The average molecular weight is 348 g/mol. The predicted octanol–water partition coefficient (Wildman–Crippen LogP) is 4.32. The molecule has 0 bridgehead atoms. The number of pyridine rings is 2. The molecule has 3 heterocycles. The van der Waals surface area contributed by atoms with Crippen LogP contribution in [0.3, 0.4) is 0 Å². The Morgan fingerprint density at radius 3 is 2.65 bits per heavy atom. The number of halogens is 1. The second kappa shape index (κ2) is 6.15. The Hall–Kier alpha value is -3.41. The fourth-order valence-electron chi connectivity index (χ4n) is 2.98. The van der Waals surface area contributed by atoms with Gasteiger partial charge in [-0.1, -0.05) is 12.1 Å². The lowest BCUT2D eigenvalue weighted by Crippen LogP contribution is -2.14. The molecule has 0 saturated carbocycles. The molecule has 0 unspecified atom stereocenters. The van der Waals surface area contributed by atoms with Crippen LogP contribution in [0.25, 0.3) is 16.9 Å². The molecular formula is C20H17FN4O. The van der Waals surface area contributed by atoms with Crippen LogP contribution >= 0.6 is 0 Å². The third kappa shape index (κ3) is 2.65. The monoisotopic (exact) mass is 348 g/mol. The molecular weight excluding hydrogens is 331 g/mol. The van der Waals surface area contributed by atoms with E-state index >= 15 is 0 Å². The van der Waals surface area contributed by atoms with E-state index in [0.29, 0.717) is 17.1 Å². The Bertz CT molecular complexity index is 1090. The number of para-hydroxylation sites is 1. The van der Waals surface area contributed by atoms with Crippen LogP contribution < -0.4 is 4.90 Å². The number of aromatic nitrogens is 3. The maximum atomic E-state index is 13.3. The fraction of sp³-hybridized carbons (Fsp3) is 0.100. The van der Waals surface area contributed by atoms with Crippen LogP contribution in [-0.2, 0) is 0 Å². The third-order valence-corrected chi connectivity index (χ3v) is 4.29. The molecule has 3 aromatic heterocycles. The van der Waals surface area contributed by atoms with Gasteiger partial charge in [-0.05, 0) is 48.9 Å². The van der Waals surface area contributed by atoms with Crippen molar-refractivity contribution in [2.24, 2.45) is 0 Å². The van der Waals surface area contributed by atoms with Gasteiger partial charge in [0.15, 0.2) is 0 Å². The first-order valence-corrected chi connectivity index (χ1v) is 8.17. The summed E-state index contributed by atoms with van der Waals surface area (Å²) in [5, 5.41) is 10.3. The number of hydrogen-bond donors (Lipinski definition) is 1. The number of rotatable bonds is 3. The van der Waals surface area contributed by atoms with Gasteiger partial charge in [0.2, 0.25) is 0 Å². The molecule has 1 N–H and O–H groups in total. The third-order valence-electron chi connectivity index (χ3n) is 4.29. The molecule has 26 heavy (non-hydrogen) atoms. The summed E-state index contributed by atoms with van der Waals surface area (Å²) in [7, 11) is 1.84. The van der Waals surface area contributed by atoms with Gasteiger partial charge in [-0.15, -0.1) is 0 Å². The largest absolute Gasteiger partial charge is 0.507 e. The van der Waals surface area contributed by atoms with E-state index in [9.17, 15) is 9.50 Å². The molecule has 0 amide bonds. The van der Waals surface area contributed by atoms with Gasteiger partial charge in [0.25, 0.3) is 0 Å². The number of benzene rings is 1. The summed E-state index contributed by atoms with van der Waals surface area (Å²) in [4.78, 5) is 10.7. The van der Waals surface area contributed by atoms with Crippen molar-refractivity contribution >= 4 is 17.3 Å². The Kier molecular flexibility index (Phi) is 3.80. The predicted molar refractivity (Wildman–Crippen MR) is 99.3 cm³/mol. The number of fused-ring (bicyclic) bond motifs is 1. The Morgan fingerprint density at radius 1 is 1.12 bits per heavy atom. The molecule has 5 nitrogen and oxygen atoms in total. The van der Waals surface area contributed by atoms with Crippen LogP contribution in [0.15, 0.2) is 60.9 Å². The molecule has 0 spiro atoms. The topological polar surface area (TPSA) is 53.7 Å². The van der Waals surface area contributed by atoms with E-state index in [4.69, 9.17) is 4.98 Å². The molecule has 0 aliphatic heterocycles. The highest BCUT2D eigenvalue weighted by Crippen LogP contribution is 2.38. The average Bonchev–Trinajstić information content (AvgIpc) is 3.00. The Morgan fingerprint density at radius 2 is 1.92 bits per heavy atom. The number of imidazole rings is 1. The van der Waals surface area contributed by atoms with Crippen molar-refractivity contribution in [1.29, 1.82) is 0 Å². The van der Waals surface area contributed by atoms with E-state index in [-0.39, 0.29) is 5.75 Å². The minimum absolute atomic E-state index is 0.148. The molecule has 6 heteroatoms. The SMILES string of the molecule is Cc1ccn2c(N(C)c3ccc(F)cn3)c(-c3ccccc3O)nc2c1. The van der Waals surface area contributed by atoms with Crippen molar-refractivity contribution in [3.8, 4) is 17.0 Å². The molecule has 0 fully saturated rings. The van der Waals surface area contributed by atoms with Gasteiger partial charge in [-0.3, -0.25) is 4.40 Å². The van der Waals surface area contributed by atoms with Crippen molar-refractivity contribution in [2.45, 2.75) is 6.92 Å². The summed E-state index contributed by atoms with van der Waals surface area (Å²) in [6.45, 7) is 2.00. The van der Waals surface area contributed by atoms with Gasteiger partial charge < -0.3 is 10.0 Å². The summed E-state index contributed by atoms with van der Waals surface area (Å²) in [5.74, 6) is 1.07. The van der Waals surface area contributed by atoms with Gasteiger partial charge in [-0.25, -0.2) is 14.4 Å². The molecule has 0 aliphatic rings. The van der Waals surface area contributed by atoms with Gasteiger partial charge in [-0.2, -0.15) is 0 Å². The van der Waals surface area contributed by atoms with Crippen molar-refractivity contribution < 1.29 is 9.50 Å². The highest BCUT2D eigenvalue weighted by Gasteiger charge is 2.21. The van der Waals surface area contributed by atoms with E-state index in [1.807, 2.05) is 53.7 Å². The van der Waals surface area contributed by atoms with Crippen LogP contribution in [0.2, 0.25) is 0 Å². The van der Waals surface area contributed by atoms with Crippen LogP contribution in [0.4, 0.5) is 16.0 Å². The zero-order valence-electron chi connectivity index (χ0n) is 14.4. The molecule has 4 aromatic rings. The minimum Gasteiger partial charge on any atom is -0.507 e. The van der Waals surface area contributed by atoms with Crippen molar-refractivity contribution in [3.63, 3.8) is 0 Å². The summed E-state index contributed by atoms with van der Waals surface area (Å²) < 4.78 is 15.2. The number of aromatic hydroxyl groups is 1. The highest BCUT2D eigenvalue weighted by atomic mass is 19.1. The minimum atomic E-state index is -0.392. The quantitative estimate of drug-likeness (QED) is 0.599.